The van der Waals surface area contributed by atoms with E-state index in [4.69, 9.17) is 4.74 Å². The summed E-state index contributed by atoms with van der Waals surface area (Å²) in [5.74, 6) is 0. The van der Waals surface area contributed by atoms with Gasteiger partial charge in [-0.3, -0.25) is 14.3 Å². The van der Waals surface area contributed by atoms with Crippen molar-refractivity contribution in [3.63, 3.8) is 0 Å². The highest BCUT2D eigenvalue weighted by Crippen LogP contribution is 2.29. The van der Waals surface area contributed by atoms with Crippen LogP contribution in [0.25, 0.3) is 0 Å². The molecule has 2 heterocycles. The average molecular weight is 287 g/mol. The minimum atomic E-state index is -1.39. The Morgan fingerprint density at radius 3 is 2.75 bits per heavy atom. The lowest BCUT2D eigenvalue weighted by molar-refractivity contribution is -0.0844. The van der Waals surface area contributed by atoms with Crippen molar-refractivity contribution in [3.8, 4) is 0 Å². The van der Waals surface area contributed by atoms with Gasteiger partial charge in [-0.1, -0.05) is 0 Å². The number of nitrogens with zero attached hydrogens (tertiary/aromatic N) is 1. The second kappa shape index (κ2) is 5.85. The fourth-order valence-electron chi connectivity index (χ4n) is 2.19. The van der Waals surface area contributed by atoms with Gasteiger partial charge < -0.3 is 25.4 Å². The van der Waals surface area contributed by atoms with Gasteiger partial charge in [0.1, 0.15) is 18.3 Å². The highest BCUT2D eigenvalue weighted by atomic mass is 16.6. The molecule has 1 fully saturated rings. The van der Waals surface area contributed by atoms with Gasteiger partial charge >= 0.3 is 5.69 Å². The fourth-order valence-corrected chi connectivity index (χ4v) is 2.19. The van der Waals surface area contributed by atoms with Crippen LogP contribution in [0.1, 0.15) is 6.23 Å². The molecule has 0 spiro atoms. The summed E-state index contributed by atoms with van der Waals surface area (Å²) in [6.07, 6.45) is -4.84. The molecule has 0 saturated carbocycles. The van der Waals surface area contributed by atoms with E-state index < -0.39 is 41.9 Å². The Morgan fingerprint density at radius 1 is 1.45 bits per heavy atom. The predicted octanol–water partition coefficient (Wildman–Crippen LogP) is -3.26. The Morgan fingerprint density at radius 2 is 2.15 bits per heavy atom. The summed E-state index contributed by atoms with van der Waals surface area (Å²) < 4.78 is 6.32. The molecule has 1 aromatic heterocycles. The van der Waals surface area contributed by atoms with Crippen molar-refractivity contribution in [3.05, 3.63) is 33.1 Å². The molecule has 0 aliphatic carbocycles. The Bertz CT molecular complexity index is 570. The summed E-state index contributed by atoms with van der Waals surface area (Å²) in [6.45, 7) is 0.154. The summed E-state index contributed by atoms with van der Waals surface area (Å²) in [6, 6.07) is 1.10. The van der Waals surface area contributed by atoms with E-state index in [-0.39, 0.29) is 6.54 Å². The first kappa shape index (κ1) is 14.9. The van der Waals surface area contributed by atoms with Crippen LogP contribution in [0.2, 0.25) is 0 Å². The molecule has 112 valence electrons. The molecule has 1 unspecified atom stereocenters. The van der Waals surface area contributed by atoms with Gasteiger partial charge in [-0.15, -0.1) is 0 Å². The van der Waals surface area contributed by atoms with Crippen molar-refractivity contribution in [1.82, 2.24) is 14.9 Å². The van der Waals surface area contributed by atoms with E-state index in [1.54, 1.807) is 7.05 Å². The Balaban J connectivity index is 2.26. The van der Waals surface area contributed by atoms with E-state index in [0.717, 1.165) is 16.8 Å². The standard InChI is InChI=1S/C11H17N3O6/c1-12-4-5(15)9-7(17)8(18)10(20-9)14-3-2-6(16)13-11(14)19/h2-3,5,7-10,12,15,17-18H,4H2,1H3,(H,13,16,19)/t5?,7-,8+,9+,10+/m0/s1. The van der Waals surface area contributed by atoms with Crippen LogP contribution in [0, 0.1) is 0 Å². The van der Waals surface area contributed by atoms with Crippen LogP contribution in [0.5, 0.6) is 0 Å². The number of aromatic amines is 1. The molecule has 9 heteroatoms. The van der Waals surface area contributed by atoms with Gasteiger partial charge in [0.25, 0.3) is 5.56 Å². The molecule has 0 amide bonds. The smallest absolute Gasteiger partial charge is 0.330 e. The summed E-state index contributed by atoms with van der Waals surface area (Å²) in [7, 11) is 1.62. The lowest BCUT2D eigenvalue weighted by Gasteiger charge is -2.20. The Hall–Kier alpha value is -1.52. The van der Waals surface area contributed by atoms with Crippen LogP contribution in [0.15, 0.2) is 21.9 Å². The van der Waals surface area contributed by atoms with Gasteiger partial charge in [-0.25, -0.2) is 4.79 Å². The van der Waals surface area contributed by atoms with Gasteiger partial charge in [0, 0.05) is 18.8 Å². The molecule has 1 aromatic rings. The largest absolute Gasteiger partial charge is 0.389 e. The second-order valence-corrected chi connectivity index (χ2v) is 4.61. The first-order chi connectivity index (χ1) is 9.45. The van der Waals surface area contributed by atoms with Crippen molar-refractivity contribution in [2.45, 2.75) is 30.6 Å². The Kier molecular flexibility index (Phi) is 4.35. The van der Waals surface area contributed by atoms with Gasteiger partial charge in [0.15, 0.2) is 6.23 Å². The molecule has 1 aliphatic rings. The number of aromatic nitrogens is 2. The van der Waals surface area contributed by atoms with Crippen molar-refractivity contribution in [2.75, 3.05) is 13.6 Å². The number of nitrogens with one attached hydrogen (secondary N) is 2. The molecule has 0 bridgehead atoms. The number of hydrogen-bond acceptors (Lipinski definition) is 7. The maximum Gasteiger partial charge on any atom is 0.330 e. The summed E-state index contributed by atoms with van der Waals surface area (Å²) >= 11 is 0. The average Bonchev–Trinajstić information content (AvgIpc) is 2.67. The zero-order valence-corrected chi connectivity index (χ0v) is 10.8. The molecule has 5 atom stereocenters. The minimum absolute atomic E-state index is 0.154. The molecule has 0 radical (unpaired) electrons. The number of H-pyrrole nitrogens is 1. The summed E-state index contributed by atoms with van der Waals surface area (Å²) in [4.78, 5) is 24.7. The van der Waals surface area contributed by atoms with Crippen molar-refractivity contribution in [2.24, 2.45) is 0 Å². The molecular formula is C11H17N3O6. The molecule has 5 N–H and O–H groups in total. The molecule has 2 rings (SSSR count). The van der Waals surface area contributed by atoms with E-state index in [1.807, 2.05) is 4.98 Å². The van der Waals surface area contributed by atoms with Gasteiger partial charge in [0.2, 0.25) is 0 Å². The molecule has 0 aromatic carbocycles. The van der Waals surface area contributed by atoms with E-state index in [1.165, 1.54) is 0 Å². The molecule has 9 nitrogen and oxygen atoms in total. The number of aliphatic hydroxyl groups excluding tert-OH is 3. The quantitative estimate of drug-likeness (QED) is 0.392. The van der Waals surface area contributed by atoms with E-state index in [0.29, 0.717) is 0 Å². The van der Waals surface area contributed by atoms with Crippen LogP contribution in [0.4, 0.5) is 0 Å². The monoisotopic (exact) mass is 287 g/mol. The zero-order chi connectivity index (χ0) is 14.9. The number of ether oxygens (including phenoxy) is 1. The molecule has 20 heavy (non-hydrogen) atoms. The highest BCUT2D eigenvalue weighted by molar-refractivity contribution is 4.95. The van der Waals surface area contributed by atoms with Crippen LogP contribution >= 0.6 is 0 Å². The first-order valence-electron chi connectivity index (χ1n) is 6.11. The fraction of sp³-hybridized carbons (Fsp3) is 0.636. The number of hydrogen-bond donors (Lipinski definition) is 5. The van der Waals surface area contributed by atoms with Crippen molar-refractivity contribution >= 4 is 0 Å². The SMILES string of the molecule is CNCC(O)[C@H]1O[C@@H](n2ccc(=O)[nH]c2=O)[C@H](O)[C@@H]1O. The predicted molar refractivity (Wildman–Crippen MR) is 67.2 cm³/mol. The van der Waals surface area contributed by atoms with E-state index in [9.17, 15) is 24.9 Å². The third kappa shape index (κ3) is 2.67. The Labute approximate surface area is 113 Å². The maximum absolute atomic E-state index is 11.6. The summed E-state index contributed by atoms with van der Waals surface area (Å²) in [5, 5.41) is 32.3. The highest BCUT2D eigenvalue weighted by Gasteiger charge is 2.46. The topological polar surface area (TPSA) is 137 Å². The normalized spacial score (nSPS) is 31.4. The van der Waals surface area contributed by atoms with Crippen molar-refractivity contribution < 1.29 is 20.1 Å². The number of likely N-dealkylation sites (N-methyl/N-ethyl adjacent to an activating group) is 1. The van der Waals surface area contributed by atoms with Gasteiger partial charge in [-0.2, -0.15) is 0 Å². The van der Waals surface area contributed by atoms with Gasteiger partial charge in [-0.05, 0) is 7.05 Å². The third-order valence-electron chi connectivity index (χ3n) is 3.19. The van der Waals surface area contributed by atoms with E-state index in [2.05, 4.69) is 5.32 Å². The van der Waals surface area contributed by atoms with Crippen LogP contribution in [-0.4, -0.2) is 62.9 Å². The molecule has 1 aliphatic heterocycles. The summed E-state index contributed by atoms with van der Waals surface area (Å²) in [5.41, 5.74) is -1.34. The van der Waals surface area contributed by atoms with E-state index >= 15 is 0 Å². The van der Waals surface area contributed by atoms with Crippen LogP contribution < -0.4 is 16.6 Å². The number of rotatable bonds is 4. The first-order valence-corrected chi connectivity index (χ1v) is 6.11. The van der Waals surface area contributed by atoms with Crippen LogP contribution in [0.3, 0.4) is 0 Å². The second-order valence-electron chi connectivity index (χ2n) is 4.61. The minimum Gasteiger partial charge on any atom is -0.389 e. The van der Waals surface area contributed by atoms with Gasteiger partial charge in [0.05, 0.1) is 6.10 Å². The maximum atomic E-state index is 11.6. The lowest BCUT2D eigenvalue weighted by Crippen LogP contribution is -2.43. The molecular weight excluding hydrogens is 270 g/mol. The van der Waals surface area contributed by atoms with Crippen LogP contribution in [-0.2, 0) is 4.74 Å². The molecule has 1 saturated heterocycles. The van der Waals surface area contributed by atoms with Crippen molar-refractivity contribution in [1.29, 1.82) is 0 Å². The third-order valence-corrected chi connectivity index (χ3v) is 3.19. The zero-order valence-electron chi connectivity index (χ0n) is 10.8. The lowest BCUT2D eigenvalue weighted by atomic mass is 10.1. The number of aliphatic hydroxyl groups is 3.